The highest BCUT2D eigenvalue weighted by Gasteiger charge is 2.13. The van der Waals surface area contributed by atoms with Crippen molar-refractivity contribution in [3.63, 3.8) is 0 Å². The van der Waals surface area contributed by atoms with Gasteiger partial charge in [-0.25, -0.2) is 0 Å². The Hall–Kier alpha value is -0.910. The molecule has 1 aromatic rings. The summed E-state index contributed by atoms with van der Waals surface area (Å²) in [4.78, 5) is 16.6. The average Bonchev–Trinajstić information content (AvgIpc) is 2.70. The number of hydrogen-bond donors (Lipinski definition) is 1. The van der Waals surface area contributed by atoms with Gasteiger partial charge >= 0.3 is 0 Å². The Bertz CT molecular complexity index is 411. The van der Waals surface area contributed by atoms with E-state index in [0.29, 0.717) is 6.54 Å². The highest BCUT2D eigenvalue weighted by Crippen LogP contribution is 2.20. The van der Waals surface area contributed by atoms with Crippen LogP contribution in [0.15, 0.2) is 6.07 Å². The second kappa shape index (κ2) is 6.31. The molecular weight excluding hydrogens is 248 g/mol. The Balaban J connectivity index is 1.76. The summed E-state index contributed by atoms with van der Waals surface area (Å²) in [6.45, 7) is 9.16. The number of morpholine rings is 1. The summed E-state index contributed by atoms with van der Waals surface area (Å²) in [7, 11) is 0. The molecule has 1 fully saturated rings. The van der Waals surface area contributed by atoms with Crippen LogP contribution in [0.1, 0.15) is 20.1 Å². The van der Waals surface area contributed by atoms with Crippen molar-refractivity contribution in [3.05, 3.63) is 21.4 Å². The molecule has 0 aromatic carbocycles. The van der Waals surface area contributed by atoms with Gasteiger partial charge in [0.15, 0.2) is 0 Å². The quantitative estimate of drug-likeness (QED) is 0.898. The van der Waals surface area contributed by atoms with Crippen LogP contribution in [-0.2, 0) is 4.74 Å². The molecule has 1 amide bonds. The molecule has 2 rings (SSSR count). The van der Waals surface area contributed by atoms with Crippen LogP contribution in [0.4, 0.5) is 0 Å². The van der Waals surface area contributed by atoms with Crippen LogP contribution in [0.3, 0.4) is 0 Å². The molecule has 0 unspecified atom stereocenters. The normalized spacial score (nSPS) is 16.8. The van der Waals surface area contributed by atoms with Crippen LogP contribution in [0.25, 0.3) is 0 Å². The van der Waals surface area contributed by atoms with Gasteiger partial charge in [-0.2, -0.15) is 0 Å². The van der Waals surface area contributed by atoms with E-state index in [1.54, 1.807) is 11.3 Å². The monoisotopic (exact) mass is 268 g/mol. The molecule has 100 valence electrons. The van der Waals surface area contributed by atoms with Crippen LogP contribution in [-0.4, -0.2) is 50.2 Å². The van der Waals surface area contributed by atoms with Crippen LogP contribution >= 0.6 is 11.3 Å². The first kappa shape index (κ1) is 13.5. The lowest BCUT2D eigenvalue weighted by molar-refractivity contribution is 0.0383. The van der Waals surface area contributed by atoms with Crippen LogP contribution in [0.2, 0.25) is 0 Å². The summed E-state index contributed by atoms with van der Waals surface area (Å²) >= 11 is 1.67. The number of ether oxygens (including phenoxy) is 1. The van der Waals surface area contributed by atoms with Gasteiger partial charge in [0, 0.05) is 35.9 Å². The molecule has 0 radical (unpaired) electrons. The molecule has 0 atom stereocenters. The number of hydrogen-bond acceptors (Lipinski definition) is 4. The highest BCUT2D eigenvalue weighted by molar-refractivity contribution is 7.12. The molecule has 5 heteroatoms. The molecule has 18 heavy (non-hydrogen) atoms. The first-order chi connectivity index (χ1) is 8.66. The molecule has 0 spiro atoms. The summed E-state index contributed by atoms with van der Waals surface area (Å²) in [5, 5.41) is 2.99. The van der Waals surface area contributed by atoms with Gasteiger partial charge in [0.1, 0.15) is 0 Å². The minimum atomic E-state index is 0.0464. The van der Waals surface area contributed by atoms with E-state index in [2.05, 4.69) is 10.2 Å². The zero-order valence-corrected chi connectivity index (χ0v) is 11.8. The zero-order chi connectivity index (χ0) is 13.0. The summed E-state index contributed by atoms with van der Waals surface area (Å²) < 4.78 is 5.29. The molecule has 4 nitrogen and oxygen atoms in total. The van der Waals surface area contributed by atoms with E-state index in [1.807, 2.05) is 19.9 Å². The SMILES string of the molecule is Cc1cc(C(=O)NCCN2CCOCC2)c(C)s1. The molecule has 1 saturated heterocycles. The minimum Gasteiger partial charge on any atom is -0.379 e. The van der Waals surface area contributed by atoms with Crippen molar-refractivity contribution in [1.29, 1.82) is 0 Å². The van der Waals surface area contributed by atoms with Gasteiger partial charge in [0.25, 0.3) is 5.91 Å². The molecule has 1 aromatic heterocycles. The van der Waals surface area contributed by atoms with Gasteiger partial charge in [-0.1, -0.05) is 0 Å². The molecule has 0 saturated carbocycles. The number of amides is 1. The minimum absolute atomic E-state index is 0.0464. The third-order valence-corrected chi connectivity index (χ3v) is 4.07. The molecule has 1 aliphatic rings. The van der Waals surface area contributed by atoms with Crippen molar-refractivity contribution in [2.24, 2.45) is 0 Å². The van der Waals surface area contributed by atoms with E-state index in [0.717, 1.165) is 43.3 Å². The van der Waals surface area contributed by atoms with E-state index in [4.69, 9.17) is 4.74 Å². The van der Waals surface area contributed by atoms with E-state index in [-0.39, 0.29) is 5.91 Å². The third-order valence-electron chi connectivity index (χ3n) is 3.10. The maximum absolute atomic E-state index is 12.0. The smallest absolute Gasteiger partial charge is 0.252 e. The summed E-state index contributed by atoms with van der Waals surface area (Å²) in [6, 6.07) is 1.96. The van der Waals surface area contributed by atoms with Crippen molar-refractivity contribution in [1.82, 2.24) is 10.2 Å². The van der Waals surface area contributed by atoms with Gasteiger partial charge in [-0.3, -0.25) is 9.69 Å². The fourth-order valence-electron chi connectivity index (χ4n) is 2.10. The maximum Gasteiger partial charge on any atom is 0.252 e. The molecule has 0 aliphatic carbocycles. The predicted molar refractivity (Wildman–Crippen MR) is 73.4 cm³/mol. The van der Waals surface area contributed by atoms with Crippen molar-refractivity contribution in [2.75, 3.05) is 39.4 Å². The van der Waals surface area contributed by atoms with E-state index in [9.17, 15) is 4.79 Å². The lowest BCUT2D eigenvalue weighted by Gasteiger charge is -2.26. The van der Waals surface area contributed by atoms with Gasteiger partial charge in [0.05, 0.1) is 18.8 Å². The number of carbonyl (C=O) groups excluding carboxylic acids is 1. The Labute approximate surface area is 112 Å². The van der Waals surface area contributed by atoms with Gasteiger partial charge in [-0.05, 0) is 19.9 Å². The average molecular weight is 268 g/mol. The number of rotatable bonds is 4. The second-order valence-electron chi connectivity index (χ2n) is 4.54. The zero-order valence-electron chi connectivity index (χ0n) is 11.0. The second-order valence-corrected chi connectivity index (χ2v) is 6.00. The lowest BCUT2D eigenvalue weighted by Crippen LogP contribution is -2.41. The molecule has 1 N–H and O–H groups in total. The summed E-state index contributed by atoms with van der Waals surface area (Å²) in [6.07, 6.45) is 0. The van der Waals surface area contributed by atoms with Gasteiger partial charge in [0.2, 0.25) is 0 Å². The van der Waals surface area contributed by atoms with Gasteiger partial charge in [-0.15, -0.1) is 11.3 Å². The molecule has 0 bridgehead atoms. The molecule has 2 heterocycles. The van der Waals surface area contributed by atoms with Crippen molar-refractivity contribution >= 4 is 17.2 Å². The predicted octanol–water partition coefficient (Wildman–Crippen LogP) is 1.43. The Morgan fingerprint density at radius 2 is 2.17 bits per heavy atom. The van der Waals surface area contributed by atoms with Crippen molar-refractivity contribution < 1.29 is 9.53 Å². The van der Waals surface area contributed by atoms with E-state index in [1.165, 1.54) is 4.88 Å². The third kappa shape index (κ3) is 3.54. The Morgan fingerprint density at radius 3 is 2.78 bits per heavy atom. The molecular formula is C13H20N2O2S. The summed E-state index contributed by atoms with van der Waals surface area (Å²) in [5.41, 5.74) is 0.819. The molecule has 1 aliphatic heterocycles. The van der Waals surface area contributed by atoms with Crippen LogP contribution in [0.5, 0.6) is 0 Å². The maximum atomic E-state index is 12.0. The highest BCUT2D eigenvalue weighted by atomic mass is 32.1. The Morgan fingerprint density at radius 1 is 1.44 bits per heavy atom. The van der Waals surface area contributed by atoms with E-state index >= 15 is 0 Å². The summed E-state index contributed by atoms with van der Waals surface area (Å²) in [5.74, 6) is 0.0464. The number of nitrogens with zero attached hydrogens (tertiary/aromatic N) is 1. The largest absolute Gasteiger partial charge is 0.379 e. The van der Waals surface area contributed by atoms with Crippen molar-refractivity contribution in [2.45, 2.75) is 13.8 Å². The number of nitrogens with one attached hydrogen (secondary N) is 1. The Kier molecular flexibility index (Phi) is 4.74. The standard InChI is InChI=1S/C13H20N2O2S/c1-10-9-12(11(2)18-10)13(16)14-3-4-15-5-7-17-8-6-15/h9H,3-8H2,1-2H3,(H,14,16). The van der Waals surface area contributed by atoms with E-state index < -0.39 is 0 Å². The fourth-order valence-corrected chi connectivity index (χ4v) is 3.03. The fraction of sp³-hybridized carbons (Fsp3) is 0.615. The number of thiophene rings is 1. The number of aryl methyl sites for hydroxylation is 2. The number of carbonyl (C=O) groups is 1. The van der Waals surface area contributed by atoms with Gasteiger partial charge < -0.3 is 10.1 Å². The van der Waals surface area contributed by atoms with Crippen LogP contribution < -0.4 is 5.32 Å². The topological polar surface area (TPSA) is 41.6 Å². The van der Waals surface area contributed by atoms with Crippen molar-refractivity contribution in [3.8, 4) is 0 Å². The first-order valence-corrected chi connectivity index (χ1v) is 7.14. The first-order valence-electron chi connectivity index (χ1n) is 6.32. The lowest BCUT2D eigenvalue weighted by atomic mass is 10.2. The van der Waals surface area contributed by atoms with Crippen LogP contribution in [0, 0.1) is 13.8 Å².